The Hall–Kier alpha value is -0.910. The molecule has 0 aliphatic heterocycles. The molecule has 0 radical (unpaired) electrons. The van der Waals surface area contributed by atoms with Crippen molar-refractivity contribution in [2.75, 3.05) is 20.3 Å². The summed E-state index contributed by atoms with van der Waals surface area (Å²) in [6.07, 6.45) is 4.24. The Labute approximate surface area is 103 Å². The van der Waals surface area contributed by atoms with E-state index < -0.39 is 0 Å². The molecule has 0 saturated carbocycles. The number of rotatable bonds is 9. The molecule has 0 amide bonds. The smallest absolute Gasteiger partial charge is 0.0916 e. The van der Waals surface area contributed by atoms with Gasteiger partial charge in [0.1, 0.15) is 0 Å². The van der Waals surface area contributed by atoms with Gasteiger partial charge < -0.3 is 4.74 Å². The van der Waals surface area contributed by atoms with Crippen molar-refractivity contribution in [2.24, 2.45) is 0 Å². The number of hydrogen-bond acceptors (Lipinski definition) is 4. The summed E-state index contributed by atoms with van der Waals surface area (Å²) in [6.45, 7) is 6.12. The van der Waals surface area contributed by atoms with Crippen molar-refractivity contribution >= 4 is 0 Å². The molecule has 5 heteroatoms. The van der Waals surface area contributed by atoms with Crippen LogP contribution in [0, 0.1) is 0 Å². The van der Waals surface area contributed by atoms with E-state index >= 15 is 0 Å². The van der Waals surface area contributed by atoms with Gasteiger partial charge in [-0.05, 0) is 18.9 Å². The lowest BCUT2D eigenvalue weighted by atomic mass is 10.2. The maximum Gasteiger partial charge on any atom is 0.0916 e. The summed E-state index contributed by atoms with van der Waals surface area (Å²) in [7, 11) is 1.65. The van der Waals surface area contributed by atoms with Gasteiger partial charge in [-0.3, -0.25) is 9.52 Å². The number of hydrogen-bond donors (Lipinski definition) is 1. The average molecular weight is 241 g/mol. The average Bonchev–Trinajstić information content (AvgIpc) is 2.79. The van der Waals surface area contributed by atoms with E-state index in [2.05, 4.69) is 24.4 Å². The van der Waals surface area contributed by atoms with E-state index in [4.69, 9.17) is 9.57 Å². The zero-order valence-electron chi connectivity index (χ0n) is 11.0. The van der Waals surface area contributed by atoms with Crippen LogP contribution in [-0.4, -0.2) is 30.1 Å². The highest BCUT2D eigenvalue weighted by molar-refractivity contribution is 4.98. The van der Waals surface area contributed by atoms with Crippen molar-refractivity contribution in [1.82, 2.24) is 15.3 Å². The first-order valence-electron chi connectivity index (χ1n) is 6.19. The van der Waals surface area contributed by atoms with Gasteiger partial charge in [-0.25, -0.2) is 0 Å². The first-order valence-corrected chi connectivity index (χ1v) is 6.19. The van der Waals surface area contributed by atoms with Crippen molar-refractivity contribution in [3.63, 3.8) is 0 Å². The molecule has 0 aliphatic rings. The van der Waals surface area contributed by atoms with Crippen LogP contribution in [0.1, 0.15) is 38.4 Å². The van der Waals surface area contributed by atoms with Gasteiger partial charge in [0.15, 0.2) is 0 Å². The fourth-order valence-corrected chi connectivity index (χ4v) is 1.66. The Kier molecular flexibility index (Phi) is 6.84. The van der Waals surface area contributed by atoms with Gasteiger partial charge in [-0.1, -0.05) is 13.8 Å². The van der Waals surface area contributed by atoms with Crippen LogP contribution in [0.2, 0.25) is 0 Å². The molecular weight excluding hydrogens is 218 g/mol. The van der Waals surface area contributed by atoms with E-state index in [1.54, 1.807) is 7.11 Å². The van der Waals surface area contributed by atoms with E-state index in [9.17, 15) is 0 Å². The van der Waals surface area contributed by atoms with E-state index in [-0.39, 0.29) is 0 Å². The third-order valence-corrected chi connectivity index (χ3v) is 2.73. The molecule has 98 valence electrons. The van der Waals surface area contributed by atoms with Crippen LogP contribution in [0.25, 0.3) is 0 Å². The fraction of sp³-hybridized carbons (Fsp3) is 0.750. The maximum absolute atomic E-state index is 5.18. The summed E-state index contributed by atoms with van der Waals surface area (Å²) in [5.74, 6) is 0. The van der Waals surface area contributed by atoms with Crippen molar-refractivity contribution in [3.05, 3.63) is 18.0 Å². The minimum atomic E-state index is 0.498. The lowest BCUT2D eigenvalue weighted by Crippen LogP contribution is -2.18. The summed E-state index contributed by atoms with van der Waals surface area (Å²) in [5, 5.41) is 4.51. The second-order valence-electron chi connectivity index (χ2n) is 3.92. The molecule has 5 nitrogen and oxygen atoms in total. The van der Waals surface area contributed by atoms with Crippen LogP contribution >= 0.6 is 0 Å². The molecule has 17 heavy (non-hydrogen) atoms. The monoisotopic (exact) mass is 241 g/mol. The van der Waals surface area contributed by atoms with Crippen LogP contribution in [-0.2, 0) is 16.1 Å². The predicted molar refractivity (Wildman–Crippen MR) is 66.5 cm³/mol. The molecule has 0 aliphatic carbocycles. The third kappa shape index (κ3) is 4.85. The van der Waals surface area contributed by atoms with Gasteiger partial charge >= 0.3 is 0 Å². The van der Waals surface area contributed by atoms with Crippen molar-refractivity contribution in [1.29, 1.82) is 0 Å². The van der Waals surface area contributed by atoms with Crippen molar-refractivity contribution < 1.29 is 9.57 Å². The quantitative estimate of drug-likeness (QED) is 0.530. The standard InChI is InChI=1S/C12H23N3O2/c1-4-12(5-2)15-7-6-11(14-15)10-13-17-9-8-16-3/h6-7,12-13H,4-5,8-10H2,1-3H3. The van der Waals surface area contributed by atoms with Crippen molar-refractivity contribution in [3.8, 4) is 0 Å². The number of nitrogens with one attached hydrogen (secondary N) is 1. The molecule has 1 N–H and O–H groups in total. The van der Waals surface area contributed by atoms with E-state index in [1.165, 1.54) is 0 Å². The summed E-state index contributed by atoms with van der Waals surface area (Å²) in [4.78, 5) is 5.18. The van der Waals surface area contributed by atoms with Gasteiger partial charge in [0.2, 0.25) is 0 Å². The number of ether oxygens (including phenoxy) is 1. The lowest BCUT2D eigenvalue weighted by molar-refractivity contribution is 0.00289. The number of nitrogens with zero attached hydrogens (tertiary/aromatic N) is 2. The van der Waals surface area contributed by atoms with Gasteiger partial charge in [0.05, 0.1) is 31.5 Å². The molecule has 1 heterocycles. The molecule has 0 fully saturated rings. The summed E-state index contributed by atoms with van der Waals surface area (Å²) in [5.41, 5.74) is 3.86. The molecular formula is C12H23N3O2. The summed E-state index contributed by atoms with van der Waals surface area (Å²) in [6, 6.07) is 2.52. The minimum absolute atomic E-state index is 0.498. The van der Waals surface area contributed by atoms with Crippen molar-refractivity contribution in [2.45, 2.75) is 39.3 Å². The number of hydroxylamine groups is 1. The van der Waals surface area contributed by atoms with Crippen LogP contribution < -0.4 is 5.48 Å². The van der Waals surface area contributed by atoms with E-state index in [0.29, 0.717) is 25.8 Å². The van der Waals surface area contributed by atoms with Gasteiger partial charge in [0.25, 0.3) is 0 Å². The molecule has 1 rings (SSSR count). The van der Waals surface area contributed by atoms with Crippen LogP contribution in [0.15, 0.2) is 12.3 Å². The molecule has 0 aromatic carbocycles. The molecule has 0 spiro atoms. The fourth-order valence-electron chi connectivity index (χ4n) is 1.66. The summed E-state index contributed by atoms with van der Waals surface area (Å²) >= 11 is 0. The van der Waals surface area contributed by atoms with E-state index in [0.717, 1.165) is 18.5 Å². The summed E-state index contributed by atoms with van der Waals surface area (Å²) < 4.78 is 6.91. The zero-order valence-corrected chi connectivity index (χ0v) is 11.0. The SMILES string of the molecule is CCC(CC)n1ccc(CNOCCOC)n1. The van der Waals surface area contributed by atoms with Crippen LogP contribution in [0.3, 0.4) is 0 Å². The first kappa shape index (κ1) is 14.2. The second-order valence-corrected chi connectivity index (χ2v) is 3.92. The third-order valence-electron chi connectivity index (χ3n) is 2.73. The van der Waals surface area contributed by atoms with Gasteiger partial charge in [0, 0.05) is 13.3 Å². The second kappa shape index (κ2) is 8.22. The predicted octanol–water partition coefficient (Wildman–Crippen LogP) is 1.91. The Morgan fingerprint density at radius 1 is 1.35 bits per heavy atom. The topological polar surface area (TPSA) is 48.3 Å². The maximum atomic E-state index is 5.18. The Morgan fingerprint density at radius 3 is 2.76 bits per heavy atom. The highest BCUT2D eigenvalue weighted by Gasteiger charge is 2.07. The van der Waals surface area contributed by atoms with Gasteiger partial charge in [-0.2, -0.15) is 10.6 Å². The Bertz CT molecular complexity index is 298. The zero-order chi connectivity index (χ0) is 12.5. The highest BCUT2D eigenvalue weighted by Crippen LogP contribution is 2.14. The van der Waals surface area contributed by atoms with Crippen LogP contribution in [0.5, 0.6) is 0 Å². The molecule has 0 unspecified atom stereocenters. The minimum Gasteiger partial charge on any atom is -0.382 e. The highest BCUT2D eigenvalue weighted by atomic mass is 16.7. The molecule has 1 aromatic heterocycles. The van der Waals surface area contributed by atoms with Crippen LogP contribution in [0.4, 0.5) is 0 Å². The molecule has 0 saturated heterocycles. The Balaban J connectivity index is 2.30. The molecule has 0 bridgehead atoms. The number of aromatic nitrogens is 2. The molecule has 0 atom stereocenters. The van der Waals surface area contributed by atoms with Gasteiger partial charge in [-0.15, -0.1) is 0 Å². The number of methoxy groups -OCH3 is 1. The van der Waals surface area contributed by atoms with E-state index in [1.807, 2.05) is 16.9 Å². The lowest BCUT2D eigenvalue weighted by Gasteiger charge is -2.12. The largest absolute Gasteiger partial charge is 0.382 e. The Morgan fingerprint density at radius 2 is 2.12 bits per heavy atom. The first-order chi connectivity index (χ1) is 8.31. The normalized spacial score (nSPS) is 11.3. The molecule has 1 aromatic rings.